The molecule has 0 bridgehead atoms. The van der Waals surface area contributed by atoms with Crippen molar-refractivity contribution >= 4 is 0 Å². The highest BCUT2D eigenvalue weighted by atomic mass is 16.6. The molecule has 1 fully saturated rings. The van der Waals surface area contributed by atoms with E-state index in [0.29, 0.717) is 0 Å². The first kappa shape index (κ1) is 15.4. The van der Waals surface area contributed by atoms with Crippen molar-refractivity contribution in [2.75, 3.05) is 7.11 Å². The lowest BCUT2D eigenvalue weighted by Gasteiger charge is -2.38. The van der Waals surface area contributed by atoms with Crippen molar-refractivity contribution < 1.29 is 19.7 Å². The molecule has 1 saturated heterocycles. The number of methoxy groups -OCH3 is 1. The number of hydrogen-bond donors (Lipinski definition) is 2. The molecule has 1 unspecified atom stereocenters. The molecule has 0 amide bonds. The maximum Gasteiger partial charge on any atom is 0.156 e. The smallest absolute Gasteiger partial charge is 0.156 e. The van der Waals surface area contributed by atoms with E-state index in [1.165, 1.54) is 13.8 Å². The highest BCUT2D eigenvalue weighted by Crippen LogP contribution is 2.31. The van der Waals surface area contributed by atoms with E-state index in [1.54, 1.807) is 7.11 Å². The quantitative estimate of drug-likeness (QED) is 0.677. The topological polar surface area (TPSA) is 58.9 Å². The van der Waals surface area contributed by atoms with Gasteiger partial charge in [0.05, 0.1) is 11.9 Å². The second-order valence-electron chi connectivity index (χ2n) is 5.00. The summed E-state index contributed by atoms with van der Waals surface area (Å²) in [5.74, 6) is -0.622. The Hall–Kier alpha value is -0.580. The summed E-state index contributed by atoms with van der Waals surface area (Å²) in [6, 6.07) is 0. The van der Waals surface area contributed by atoms with E-state index < -0.39 is 5.79 Å². The number of rotatable bonds is 1. The summed E-state index contributed by atoms with van der Waals surface area (Å²) in [5.41, 5.74) is -0.204. The Bertz CT molecular complexity index is 222. The second-order valence-corrected chi connectivity index (χ2v) is 5.00. The van der Waals surface area contributed by atoms with Gasteiger partial charge in [-0.25, -0.2) is 0 Å². The van der Waals surface area contributed by atoms with Crippen LogP contribution < -0.4 is 0 Å². The second kappa shape index (κ2) is 5.66. The minimum atomic E-state index is -1.50. The van der Waals surface area contributed by atoms with Crippen molar-refractivity contribution in [2.24, 2.45) is 0 Å². The fourth-order valence-electron chi connectivity index (χ4n) is 1.53. The van der Waals surface area contributed by atoms with Gasteiger partial charge >= 0.3 is 0 Å². The first-order valence-corrected chi connectivity index (χ1v) is 5.40. The van der Waals surface area contributed by atoms with E-state index in [1.807, 2.05) is 13.8 Å². The minimum absolute atomic E-state index is 0.202. The molecule has 1 rings (SSSR count). The lowest BCUT2D eigenvalue weighted by Crippen LogP contribution is -2.43. The molecular weight excluding hydrogens is 208 g/mol. The molecule has 1 atom stereocenters. The van der Waals surface area contributed by atoms with Crippen LogP contribution in [0.15, 0.2) is 12.3 Å². The molecular formula is C12H24O4. The molecule has 1 heterocycles. The molecule has 1 aliphatic rings. The van der Waals surface area contributed by atoms with E-state index in [-0.39, 0.29) is 11.7 Å². The monoisotopic (exact) mass is 232 g/mol. The summed E-state index contributed by atoms with van der Waals surface area (Å²) in [4.78, 5) is 0. The molecule has 96 valence electrons. The molecule has 0 aromatic heterocycles. The zero-order valence-corrected chi connectivity index (χ0v) is 10.9. The van der Waals surface area contributed by atoms with Crippen LogP contribution in [-0.4, -0.2) is 34.8 Å². The Morgan fingerprint density at radius 3 is 2.19 bits per heavy atom. The van der Waals surface area contributed by atoms with Crippen LogP contribution in [0.1, 0.15) is 40.5 Å². The predicted octanol–water partition coefficient (Wildman–Crippen LogP) is 1.81. The fraction of sp³-hybridized carbons (Fsp3) is 0.833. The zero-order chi connectivity index (χ0) is 13.0. The number of allylic oxidation sites excluding steroid dienone is 1. The van der Waals surface area contributed by atoms with Gasteiger partial charge in [-0.15, -0.1) is 0 Å². The highest BCUT2D eigenvalue weighted by Gasteiger charge is 2.35. The summed E-state index contributed by atoms with van der Waals surface area (Å²) >= 11 is 0. The standard InChI is InChI=1S/C9H16O2.C3H8O2/c1-7-5-6-8(10-4)9(2,3)11-7;1-3(2,4)5/h8H,1,5-6H2,2-4H3;4-5H,1-2H3. The Labute approximate surface area is 97.9 Å². The van der Waals surface area contributed by atoms with Gasteiger partial charge in [-0.3, -0.25) is 0 Å². The average Bonchev–Trinajstić information content (AvgIpc) is 1.98. The normalized spacial score (nSPS) is 24.2. The molecule has 0 radical (unpaired) electrons. The molecule has 1 aliphatic heterocycles. The lowest BCUT2D eigenvalue weighted by molar-refractivity contribution is -0.127. The molecule has 0 spiro atoms. The van der Waals surface area contributed by atoms with E-state index in [9.17, 15) is 0 Å². The molecule has 0 aromatic rings. The summed E-state index contributed by atoms with van der Waals surface area (Å²) in [6.45, 7) is 10.5. The number of aliphatic hydroxyl groups is 2. The summed E-state index contributed by atoms with van der Waals surface area (Å²) in [7, 11) is 1.73. The van der Waals surface area contributed by atoms with Crippen molar-refractivity contribution in [2.45, 2.75) is 58.0 Å². The Balaban J connectivity index is 0.000000385. The largest absolute Gasteiger partial charge is 0.490 e. The van der Waals surface area contributed by atoms with E-state index in [4.69, 9.17) is 19.7 Å². The third-order valence-corrected chi connectivity index (χ3v) is 2.15. The van der Waals surface area contributed by atoms with Crippen LogP contribution in [0, 0.1) is 0 Å². The Morgan fingerprint density at radius 2 is 1.88 bits per heavy atom. The minimum Gasteiger partial charge on any atom is -0.490 e. The van der Waals surface area contributed by atoms with Crippen molar-refractivity contribution in [1.82, 2.24) is 0 Å². The summed E-state index contributed by atoms with van der Waals surface area (Å²) in [6.07, 6.45) is 2.14. The van der Waals surface area contributed by atoms with Gasteiger partial charge in [0, 0.05) is 13.5 Å². The third-order valence-electron chi connectivity index (χ3n) is 2.15. The lowest BCUT2D eigenvalue weighted by atomic mass is 9.93. The van der Waals surface area contributed by atoms with E-state index >= 15 is 0 Å². The molecule has 4 heteroatoms. The average molecular weight is 232 g/mol. The molecule has 4 nitrogen and oxygen atoms in total. The van der Waals surface area contributed by atoms with Crippen molar-refractivity contribution in [3.05, 3.63) is 12.3 Å². The van der Waals surface area contributed by atoms with Crippen LogP contribution in [0.4, 0.5) is 0 Å². The summed E-state index contributed by atoms with van der Waals surface area (Å²) in [5, 5.41) is 16.2. The van der Waals surface area contributed by atoms with Gasteiger partial charge in [0.1, 0.15) is 5.60 Å². The van der Waals surface area contributed by atoms with Crippen molar-refractivity contribution in [1.29, 1.82) is 0 Å². The summed E-state index contributed by atoms with van der Waals surface area (Å²) < 4.78 is 10.8. The van der Waals surface area contributed by atoms with Crippen LogP contribution in [0.25, 0.3) is 0 Å². The van der Waals surface area contributed by atoms with E-state index in [0.717, 1.165) is 18.6 Å². The zero-order valence-electron chi connectivity index (χ0n) is 10.9. The predicted molar refractivity (Wildman–Crippen MR) is 62.9 cm³/mol. The van der Waals surface area contributed by atoms with Crippen LogP contribution in [0.3, 0.4) is 0 Å². The molecule has 16 heavy (non-hydrogen) atoms. The first-order valence-electron chi connectivity index (χ1n) is 5.40. The molecule has 0 saturated carbocycles. The van der Waals surface area contributed by atoms with Crippen molar-refractivity contribution in [3.8, 4) is 0 Å². The fourth-order valence-corrected chi connectivity index (χ4v) is 1.53. The molecule has 0 aromatic carbocycles. The number of hydrogen-bond acceptors (Lipinski definition) is 4. The van der Waals surface area contributed by atoms with Gasteiger partial charge in [0.2, 0.25) is 0 Å². The third kappa shape index (κ3) is 6.82. The van der Waals surface area contributed by atoms with Crippen LogP contribution in [-0.2, 0) is 9.47 Å². The molecule has 0 aliphatic carbocycles. The maximum atomic E-state index is 8.08. The van der Waals surface area contributed by atoms with Gasteiger partial charge in [-0.05, 0) is 34.1 Å². The number of ether oxygens (including phenoxy) is 2. The van der Waals surface area contributed by atoms with Gasteiger partial charge < -0.3 is 19.7 Å². The van der Waals surface area contributed by atoms with Crippen LogP contribution in [0.2, 0.25) is 0 Å². The van der Waals surface area contributed by atoms with Gasteiger partial charge in [-0.2, -0.15) is 0 Å². The van der Waals surface area contributed by atoms with E-state index in [2.05, 4.69) is 6.58 Å². The van der Waals surface area contributed by atoms with Crippen molar-refractivity contribution in [3.63, 3.8) is 0 Å². The Kier molecular flexibility index (Phi) is 5.46. The first-order chi connectivity index (χ1) is 7.06. The molecule has 2 N–H and O–H groups in total. The maximum absolute atomic E-state index is 8.08. The Morgan fingerprint density at radius 1 is 1.44 bits per heavy atom. The van der Waals surface area contributed by atoms with Gasteiger partial charge in [0.15, 0.2) is 5.79 Å². The van der Waals surface area contributed by atoms with Crippen LogP contribution >= 0.6 is 0 Å². The van der Waals surface area contributed by atoms with Crippen LogP contribution in [0.5, 0.6) is 0 Å². The SMILES string of the molecule is C=C1CCC(OC)C(C)(C)O1.CC(C)(O)O. The van der Waals surface area contributed by atoms with Gasteiger partial charge in [-0.1, -0.05) is 6.58 Å². The highest BCUT2D eigenvalue weighted by molar-refractivity contribution is 4.97. The van der Waals surface area contributed by atoms with Gasteiger partial charge in [0.25, 0.3) is 0 Å².